The van der Waals surface area contributed by atoms with Gasteiger partial charge in [0.25, 0.3) is 0 Å². The van der Waals surface area contributed by atoms with Crippen molar-refractivity contribution in [3.8, 4) is 0 Å². The van der Waals surface area contributed by atoms with Gasteiger partial charge in [0.2, 0.25) is 5.78 Å². The van der Waals surface area contributed by atoms with Gasteiger partial charge in [0.15, 0.2) is 0 Å². The Balaban J connectivity index is 3.48. The fourth-order valence-corrected chi connectivity index (χ4v) is 0.778. The third-order valence-corrected chi connectivity index (χ3v) is 1.46. The van der Waals surface area contributed by atoms with Crippen LogP contribution in [-0.4, -0.2) is 29.9 Å². The molecule has 0 aromatic rings. The summed E-state index contributed by atoms with van der Waals surface area (Å²) in [6.45, 7) is 0. The van der Waals surface area contributed by atoms with Crippen molar-refractivity contribution in [1.29, 1.82) is 0 Å². The molecule has 0 aliphatic rings. The highest BCUT2D eigenvalue weighted by atomic mass is 16.5. The van der Waals surface area contributed by atoms with Crippen molar-refractivity contribution < 1.29 is 24.2 Å². The lowest BCUT2D eigenvalue weighted by molar-refractivity contribution is -0.151. The molecule has 13 heavy (non-hydrogen) atoms. The second-order valence-electron chi connectivity index (χ2n) is 2.52. The molecule has 0 fully saturated rings. The van der Waals surface area contributed by atoms with E-state index in [9.17, 15) is 14.4 Å². The first kappa shape index (κ1) is 11.6. The average Bonchev–Trinajstić information content (AvgIpc) is 2.10. The fraction of sp³-hybridized carbons (Fsp3) is 0.625. The van der Waals surface area contributed by atoms with Crippen molar-refractivity contribution in [1.82, 2.24) is 0 Å². The van der Waals surface area contributed by atoms with Gasteiger partial charge in [0, 0.05) is 12.8 Å². The lowest BCUT2D eigenvalue weighted by Gasteiger charge is -1.97. The molecule has 0 atom stereocenters. The number of carboxylic acids is 1. The van der Waals surface area contributed by atoms with E-state index < -0.39 is 17.7 Å². The molecule has 0 aromatic heterocycles. The van der Waals surface area contributed by atoms with E-state index in [0.29, 0.717) is 12.8 Å². The third kappa shape index (κ3) is 5.84. The second-order valence-corrected chi connectivity index (χ2v) is 2.52. The summed E-state index contributed by atoms with van der Waals surface area (Å²) in [4.78, 5) is 31.4. The number of carboxylic acid groups (broad SMARTS) is 1. The summed E-state index contributed by atoms with van der Waals surface area (Å²) in [5.41, 5.74) is 0. The number of carbonyl (C=O) groups is 3. The molecule has 0 aliphatic carbocycles. The minimum Gasteiger partial charge on any atom is -0.481 e. The molecule has 0 aliphatic heterocycles. The molecule has 0 heterocycles. The normalized spacial score (nSPS) is 9.31. The Morgan fingerprint density at radius 1 is 1.15 bits per heavy atom. The Morgan fingerprint density at radius 3 is 2.15 bits per heavy atom. The first-order valence-corrected chi connectivity index (χ1v) is 3.91. The monoisotopic (exact) mass is 188 g/mol. The van der Waals surface area contributed by atoms with Gasteiger partial charge in [0.1, 0.15) is 0 Å². The van der Waals surface area contributed by atoms with Crippen LogP contribution in [0.4, 0.5) is 0 Å². The molecule has 0 unspecified atom stereocenters. The number of Topliss-reactive ketones (excluding diaryl/α,β-unsaturated/α-hetero) is 1. The highest BCUT2D eigenvalue weighted by Gasteiger charge is 2.12. The number of aliphatic carboxylic acids is 1. The smallest absolute Gasteiger partial charge is 0.374 e. The Labute approximate surface area is 75.7 Å². The van der Waals surface area contributed by atoms with Gasteiger partial charge in [-0.3, -0.25) is 9.59 Å². The maximum absolute atomic E-state index is 10.8. The largest absolute Gasteiger partial charge is 0.481 e. The van der Waals surface area contributed by atoms with Gasteiger partial charge in [0.05, 0.1) is 7.11 Å². The van der Waals surface area contributed by atoms with Gasteiger partial charge < -0.3 is 9.84 Å². The molecule has 5 heteroatoms. The van der Waals surface area contributed by atoms with Gasteiger partial charge in [-0.2, -0.15) is 0 Å². The Morgan fingerprint density at radius 2 is 1.69 bits per heavy atom. The van der Waals surface area contributed by atoms with Crippen LogP contribution in [0, 0.1) is 0 Å². The number of methoxy groups -OCH3 is 1. The Hall–Kier alpha value is -1.39. The molecular weight excluding hydrogens is 176 g/mol. The SMILES string of the molecule is COC(=O)C(=O)CCCCC(=O)O. The number of unbranched alkanes of at least 4 members (excludes halogenated alkanes) is 1. The zero-order chi connectivity index (χ0) is 10.3. The van der Waals surface area contributed by atoms with Crippen molar-refractivity contribution in [2.75, 3.05) is 7.11 Å². The van der Waals surface area contributed by atoms with Crippen LogP contribution in [0.1, 0.15) is 25.7 Å². The van der Waals surface area contributed by atoms with Gasteiger partial charge >= 0.3 is 11.9 Å². The van der Waals surface area contributed by atoms with Crippen LogP contribution in [-0.2, 0) is 19.1 Å². The van der Waals surface area contributed by atoms with Crippen molar-refractivity contribution in [2.24, 2.45) is 0 Å². The van der Waals surface area contributed by atoms with Crippen LogP contribution in [0.3, 0.4) is 0 Å². The lowest BCUT2D eigenvalue weighted by Crippen LogP contribution is -2.15. The molecule has 0 aromatic carbocycles. The molecule has 0 bridgehead atoms. The van der Waals surface area contributed by atoms with Crippen LogP contribution in [0.5, 0.6) is 0 Å². The highest BCUT2D eigenvalue weighted by molar-refractivity contribution is 6.33. The molecule has 0 rings (SSSR count). The maximum Gasteiger partial charge on any atom is 0.374 e. The number of ketones is 1. The van der Waals surface area contributed by atoms with Crippen LogP contribution in [0.2, 0.25) is 0 Å². The number of hydrogen-bond acceptors (Lipinski definition) is 4. The van der Waals surface area contributed by atoms with Crippen molar-refractivity contribution >= 4 is 17.7 Å². The van der Waals surface area contributed by atoms with E-state index >= 15 is 0 Å². The first-order chi connectivity index (χ1) is 6.07. The lowest BCUT2D eigenvalue weighted by atomic mass is 10.1. The molecule has 0 radical (unpaired) electrons. The summed E-state index contributed by atoms with van der Waals surface area (Å²) in [6, 6.07) is 0. The summed E-state index contributed by atoms with van der Waals surface area (Å²) in [5, 5.41) is 8.26. The van der Waals surface area contributed by atoms with Gasteiger partial charge in [-0.1, -0.05) is 0 Å². The number of ether oxygens (including phenoxy) is 1. The summed E-state index contributed by atoms with van der Waals surface area (Å²) in [6.07, 6.45) is 0.882. The predicted octanol–water partition coefficient (Wildman–Crippen LogP) is 0.373. The molecular formula is C8H12O5. The Kier molecular flexibility index (Phi) is 5.50. The predicted molar refractivity (Wildman–Crippen MR) is 43.1 cm³/mol. The van der Waals surface area contributed by atoms with Crippen LogP contribution in [0.25, 0.3) is 0 Å². The molecule has 0 saturated heterocycles. The summed E-state index contributed by atoms with van der Waals surface area (Å²) in [7, 11) is 1.14. The van der Waals surface area contributed by atoms with Gasteiger partial charge in [-0.15, -0.1) is 0 Å². The number of rotatable bonds is 6. The van der Waals surface area contributed by atoms with Crippen molar-refractivity contribution in [3.63, 3.8) is 0 Å². The van der Waals surface area contributed by atoms with Crippen LogP contribution in [0.15, 0.2) is 0 Å². The van der Waals surface area contributed by atoms with E-state index in [1.807, 2.05) is 0 Å². The number of hydrogen-bond donors (Lipinski definition) is 1. The van der Waals surface area contributed by atoms with E-state index in [-0.39, 0.29) is 12.8 Å². The van der Waals surface area contributed by atoms with Crippen LogP contribution >= 0.6 is 0 Å². The zero-order valence-corrected chi connectivity index (χ0v) is 7.41. The number of carbonyl (C=O) groups excluding carboxylic acids is 2. The maximum atomic E-state index is 10.8. The first-order valence-electron chi connectivity index (χ1n) is 3.91. The van der Waals surface area contributed by atoms with Crippen LogP contribution < -0.4 is 0 Å². The third-order valence-electron chi connectivity index (χ3n) is 1.46. The van der Waals surface area contributed by atoms with E-state index in [0.717, 1.165) is 7.11 Å². The highest BCUT2D eigenvalue weighted by Crippen LogP contribution is 2.01. The van der Waals surface area contributed by atoms with E-state index in [1.54, 1.807) is 0 Å². The fourth-order valence-electron chi connectivity index (χ4n) is 0.778. The summed E-state index contributed by atoms with van der Waals surface area (Å²) in [5.74, 6) is -2.37. The minimum atomic E-state index is -0.898. The van der Waals surface area contributed by atoms with E-state index in [4.69, 9.17) is 5.11 Å². The number of esters is 1. The standard InChI is InChI=1S/C8H12O5/c1-13-8(12)6(9)4-2-3-5-7(10)11/h2-5H2,1H3,(H,10,11). The molecule has 74 valence electrons. The quantitative estimate of drug-likeness (QED) is 0.370. The Bertz CT molecular complexity index is 209. The van der Waals surface area contributed by atoms with Crippen molar-refractivity contribution in [3.05, 3.63) is 0 Å². The molecule has 1 N–H and O–H groups in total. The van der Waals surface area contributed by atoms with Gasteiger partial charge in [-0.05, 0) is 12.8 Å². The average molecular weight is 188 g/mol. The second kappa shape index (κ2) is 6.16. The van der Waals surface area contributed by atoms with E-state index in [1.165, 1.54) is 0 Å². The minimum absolute atomic E-state index is 0.0223. The summed E-state index contributed by atoms with van der Waals surface area (Å²) < 4.78 is 4.19. The van der Waals surface area contributed by atoms with Crippen molar-refractivity contribution in [2.45, 2.75) is 25.7 Å². The molecule has 0 amide bonds. The van der Waals surface area contributed by atoms with E-state index in [2.05, 4.69) is 4.74 Å². The summed E-state index contributed by atoms with van der Waals surface area (Å²) >= 11 is 0. The molecule has 0 spiro atoms. The molecule has 0 saturated carbocycles. The van der Waals surface area contributed by atoms with Gasteiger partial charge in [-0.25, -0.2) is 4.79 Å². The molecule has 5 nitrogen and oxygen atoms in total. The topological polar surface area (TPSA) is 80.7 Å². The zero-order valence-electron chi connectivity index (χ0n) is 7.41.